The number of nitro groups is 1. The Morgan fingerprint density at radius 3 is 2.52 bits per heavy atom. The molecule has 21 heavy (non-hydrogen) atoms. The Morgan fingerprint density at radius 2 is 1.81 bits per heavy atom. The summed E-state index contributed by atoms with van der Waals surface area (Å²) in [6.45, 7) is 0. The number of rotatable bonds is 3. The summed E-state index contributed by atoms with van der Waals surface area (Å²) in [5.74, 6) is 0.668. The van der Waals surface area contributed by atoms with E-state index in [0.717, 1.165) is 11.1 Å². The highest BCUT2D eigenvalue weighted by atomic mass is 16.6. The maximum Gasteiger partial charge on any atom is 0.270 e. The van der Waals surface area contributed by atoms with Gasteiger partial charge in [-0.15, -0.1) is 0 Å². The second-order valence-electron chi connectivity index (χ2n) is 4.58. The number of hydrogen-bond donors (Lipinski definition) is 2. The van der Waals surface area contributed by atoms with Crippen LogP contribution < -0.4 is 11.1 Å². The highest BCUT2D eigenvalue weighted by Crippen LogP contribution is 2.23. The molecule has 3 N–H and O–H groups in total. The summed E-state index contributed by atoms with van der Waals surface area (Å²) in [5.41, 5.74) is 7.96. The lowest BCUT2D eigenvalue weighted by Gasteiger charge is -2.07. The Labute approximate surface area is 120 Å². The summed E-state index contributed by atoms with van der Waals surface area (Å²) in [6, 6.07) is 15.5. The van der Waals surface area contributed by atoms with E-state index < -0.39 is 4.92 Å². The van der Waals surface area contributed by atoms with Crippen LogP contribution >= 0.6 is 0 Å². The van der Waals surface area contributed by atoms with Crippen LogP contribution in [0.3, 0.4) is 0 Å². The van der Waals surface area contributed by atoms with Gasteiger partial charge >= 0.3 is 0 Å². The Morgan fingerprint density at radius 1 is 1.05 bits per heavy atom. The molecule has 0 saturated heterocycles. The number of anilines is 3. The first-order chi connectivity index (χ1) is 10.1. The highest BCUT2D eigenvalue weighted by Gasteiger charge is 2.07. The number of fused-ring (bicyclic) bond motifs is 1. The third kappa shape index (κ3) is 2.74. The first kappa shape index (κ1) is 12.9. The smallest absolute Gasteiger partial charge is 0.270 e. The van der Waals surface area contributed by atoms with Gasteiger partial charge in [0, 0.05) is 28.9 Å². The van der Waals surface area contributed by atoms with Crippen LogP contribution in [0.1, 0.15) is 0 Å². The van der Waals surface area contributed by atoms with E-state index in [2.05, 4.69) is 10.3 Å². The molecule has 2 aromatic carbocycles. The van der Waals surface area contributed by atoms with Crippen LogP contribution in [0.2, 0.25) is 0 Å². The van der Waals surface area contributed by atoms with E-state index in [4.69, 9.17) is 5.73 Å². The molecule has 0 aliphatic carbocycles. The molecule has 0 bridgehead atoms. The fraction of sp³-hybridized carbons (Fsp3) is 0. The molecule has 0 atom stereocenters. The number of benzene rings is 2. The summed E-state index contributed by atoms with van der Waals surface area (Å²) < 4.78 is 0. The zero-order valence-corrected chi connectivity index (χ0v) is 11.0. The SMILES string of the molecule is Nc1ccc(Nc2ccc3cc([N+](=O)[O-])ccc3n2)cc1. The average molecular weight is 280 g/mol. The average Bonchev–Trinajstić information content (AvgIpc) is 2.49. The number of pyridine rings is 1. The van der Waals surface area contributed by atoms with Gasteiger partial charge in [0.05, 0.1) is 10.4 Å². The number of non-ortho nitro benzene ring substituents is 1. The maximum absolute atomic E-state index is 10.7. The van der Waals surface area contributed by atoms with Gasteiger partial charge in [-0.1, -0.05) is 0 Å². The first-order valence-electron chi connectivity index (χ1n) is 6.29. The van der Waals surface area contributed by atoms with Gasteiger partial charge < -0.3 is 11.1 Å². The Kier molecular flexibility index (Phi) is 3.12. The molecule has 6 nitrogen and oxygen atoms in total. The molecule has 0 saturated carbocycles. The number of hydrogen-bond acceptors (Lipinski definition) is 5. The van der Waals surface area contributed by atoms with Crippen molar-refractivity contribution >= 4 is 33.8 Å². The van der Waals surface area contributed by atoms with E-state index in [1.165, 1.54) is 12.1 Å². The number of nitrogen functional groups attached to an aromatic ring is 1. The van der Waals surface area contributed by atoms with Crippen molar-refractivity contribution in [3.8, 4) is 0 Å². The first-order valence-corrected chi connectivity index (χ1v) is 6.29. The van der Waals surface area contributed by atoms with Gasteiger partial charge in [-0.3, -0.25) is 10.1 Å². The molecule has 0 unspecified atom stereocenters. The quantitative estimate of drug-likeness (QED) is 0.435. The van der Waals surface area contributed by atoms with E-state index >= 15 is 0 Å². The summed E-state index contributed by atoms with van der Waals surface area (Å²) in [5, 5.41) is 14.6. The monoisotopic (exact) mass is 280 g/mol. The molecule has 0 spiro atoms. The molecule has 1 heterocycles. The minimum absolute atomic E-state index is 0.0588. The number of aromatic nitrogens is 1. The van der Waals surface area contributed by atoms with Gasteiger partial charge in [0.1, 0.15) is 5.82 Å². The number of nitrogens with zero attached hydrogens (tertiary/aromatic N) is 2. The lowest BCUT2D eigenvalue weighted by molar-refractivity contribution is -0.384. The highest BCUT2D eigenvalue weighted by molar-refractivity contribution is 5.83. The number of nitro benzene ring substituents is 1. The lowest BCUT2D eigenvalue weighted by atomic mass is 10.2. The Hall–Kier alpha value is -3.15. The number of nitrogens with two attached hydrogens (primary N) is 1. The van der Waals surface area contributed by atoms with Crippen molar-refractivity contribution in [2.45, 2.75) is 0 Å². The molecular formula is C15H12N4O2. The number of nitrogens with one attached hydrogen (secondary N) is 1. The minimum atomic E-state index is -0.417. The third-order valence-electron chi connectivity index (χ3n) is 3.07. The van der Waals surface area contributed by atoms with Gasteiger partial charge in [0.2, 0.25) is 0 Å². The summed E-state index contributed by atoms with van der Waals surface area (Å²) in [4.78, 5) is 14.8. The predicted octanol–water partition coefficient (Wildman–Crippen LogP) is 3.47. The summed E-state index contributed by atoms with van der Waals surface area (Å²) in [6.07, 6.45) is 0. The van der Waals surface area contributed by atoms with Crippen molar-refractivity contribution in [2.75, 3.05) is 11.1 Å². The molecule has 0 aliphatic heterocycles. The van der Waals surface area contributed by atoms with Crippen molar-refractivity contribution in [2.24, 2.45) is 0 Å². The summed E-state index contributed by atoms with van der Waals surface area (Å²) >= 11 is 0. The van der Waals surface area contributed by atoms with Crippen LogP contribution in [0.25, 0.3) is 10.9 Å². The van der Waals surface area contributed by atoms with E-state index in [9.17, 15) is 10.1 Å². The molecule has 3 aromatic rings. The molecule has 0 amide bonds. The minimum Gasteiger partial charge on any atom is -0.399 e. The van der Waals surface area contributed by atoms with Crippen LogP contribution in [0.5, 0.6) is 0 Å². The van der Waals surface area contributed by atoms with Crippen molar-refractivity contribution in [3.63, 3.8) is 0 Å². The van der Waals surface area contributed by atoms with Gasteiger partial charge in [-0.05, 0) is 42.5 Å². The molecule has 0 radical (unpaired) electrons. The molecule has 1 aromatic heterocycles. The second-order valence-corrected chi connectivity index (χ2v) is 4.58. The lowest BCUT2D eigenvalue weighted by Crippen LogP contribution is -1.95. The van der Waals surface area contributed by atoms with Gasteiger partial charge in [-0.25, -0.2) is 4.98 Å². The normalized spacial score (nSPS) is 10.5. The van der Waals surface area contributed by atoms with Crippen LogP contribution in [-0.2, 0) is 0 Å². The van der Waals surface area contributed by atoms with Crippen LogP contribution in [0.4, 0.5) is 22.9 Å². The topological polar surface area (TPSA) is 94.1 Å². The molecule has 0 aliphatic rings. The molecule has 3 rings (SSSR count). The van der Waals surface area contributed by atoms with E-state index in [1.807, 2.05) is 12.1 Å². The van der Waals surface area contributed by atoms with E-state index in [0.29, 0.717) is 17.0 Å². The van der Waals surface area contributed by atoms with E-state index in [1.54, 1.807) is 30.3 Å². The maximum atomic E-state index is 10.7. The fourth-order valence-corrected chi connectivity index (χ4v) is 2.01. The molecule has 6 heteroatoms. The van der Waals surface area contributed by atoms with Gasteiger partial charge in [0.15, 0.2) is 0 Å². The predicted molar refractivity (Wildman–Crippen MR) is 82.5 cm³/mol. The molecular weight excluding hydrogens is 268 g/mol. The third-order valence-corrected chi connectivity index (χ3v) is 3.07. The largest absolute Gasteiger partial charge is 0.399 e. The zero-order chi connectivity index (χ0) is 14.8. The van der Waals surface area contributed by atoms with Gasteiger partial charge in [0.25, 0.3) is 5.69 Å². The Bertz CT molecular complexity index is 816. The van der Waals surface area contributed by atoms with Crippen LogP contribution in [-0.4, -0.2) is 9.91 Å². The van der Waals surface area contributed by atoms with Crippen molar-refractivity contribution < 1.29 is 4.92 Å². The second kappa shape index (κ2) is 5.09. The van der Waals surface area contributed by atoms with Gasteiger partial charge in [-0.2, -0.15) is 0 Å². The molecule has 0 fully saturated rings. The van der Waals surface area contributed by atoms with Crippen molar-refractivity contribution in [3.05, 3.63) is 64.7 Å². The fourth-order valence-electron chi connectivity index (χ4n) is 2.01. The molecule has 104 valence electrons. The van der Waals surface area contributed by atoms with Crippen molar-refractivity contribution in [1.82, 2.24) is 4.98 Å². The standard InChI is InChI=1S/C15H12N4O2/c16-11-2-4-12(5-3-11)17-15-8-1-10-9-13(19(20)21)6-7-14(10)18-15/h1-9H,16H2,(H,17,18). The van der Waals surface area contributed by atoms with Crippen molar-refractivity contribution in [1.29, 1.82) is 0 Å². The Balaban J connectivity index is 1.92. The zero-order valence-electron chi connectivity index (χ0n) is 11.0. The van der Waals surface area contributed by atoms with E-state index in [-0.39, 0.29) is 5.69 Å². The summed E-state index contributed by atoms with van der Waals surface area (Å²) in [7, 11) is 0. The van der Waals surface area contributed by atoms with Crippen LogP contribution in [0, 0.1) is 10.1 Å². The van der Waals surface area contributed by atoms with Crippen LogP contribution in [0.15, 0.2) is 54.6 Å².